The van der Waals surface area contributed by atoms with Gasteiger partial charge in [0.2, 0.25) is 0 Å². The smallest absolute Gasteiger partial charge is 0.165 e. The van der Waals surface area contributed by atoms with Gasteiger partial charge in [-0.25, -0.2) is 0 Å². The van der Waals surface area contributed by atoms with Crippen LogP contribution in [0.4, 0.5) is 0 Å². The number of hydrogen-bond acceptors (Lipinski definition) is 5. The second-order valence-corrected chi connectivity index (χ2v) is 5.40. The normalized spacial score (nSPS) is 13.7. The molecule has 2 aromatic rings. The lowest BCUT2D eigenvalue weighted by atomic mass is 10.1. The van der Waals surface area contributed by atoms with E-state index in [4.69, 9.17) is 9.47 Å². The van der Waals surface area contributed by atoms with Crippen LogP contribution in [-0.2, 0) is 26.1 Å². The summed E-state index contributed by atoms with van der Waals surface area (Å²) in [6.45, 7) is 2.43. The molecule has 0 saturated carbocycles. The number of rotatable bonds is 6. The van der Waals surface area contributed by atoms with Crippen molar-refractivity contribution in [3.8, 4) is 11.5 Å². The largest absolute Gasteiger partial charge is 0.493 e. The van der Waals surface area contributed by atoms with E-state index in [1.54, 1.807) is 14.2 Å². The molecule has 3 rings (SSSR count). The average Bonchev–Trinajstić information content (AvgIpc) is 2.98. The second-order valence-electron chi connectivity index (χ2n) is 5.40. The molecule has 6 nitrogen and oxygen atoms in total. The number of nitrogens with zero attached hydrogens (tertiary/aromatic N) is 3. The first kappa shape index (κ1) is 14.8. The molecule has 22 heavy (non-hydrogen) atoms. The number of benzene rings is 1. The third-order valence-electron chi connectivity index (χ3n) is 4.02. The van der Waals surface area contributed by atoms with Crippen molar-refractivity contribution in [2.75, 3.05) is 14.2 Å². The first-order chi connectivity index (χ1) is 10.8. The maximum absolute atomic E-state index is 5.45. The van der Waals surface area contributed by atoms with Crippen LogP contribution in [0.15, 0.2) is 18.2 Å². The molecule has 1 aliphatic rings. The maximum Gasteiger partial charge on any atom is 0.165 e. The van der Waals surface area contributed by atoms with Crippen LogP contribution in [0.1, 0.15) is 30.1 Å². The van der Waals surface area contributed by atoms with E-state index in [9.17, 15) is 0 Å². The zero-order chi connectivity index (χ0) is 15.4. The van der Waals surface area contributed by atoms with E-state index in [1.165, 1.54) is 12.8 Å². The van der Waals surface area contributed by atoms with Gasteiger partial charge in [0, 0.05) is 25.1 Å². The molecular formula is C16H22N4O2. The summed E-state index contributed by atoms with van der Waals surface area (Å²) in [6.07, 6.45) is 3.46. The minimum absolute atomic E-state index is 0.697. The second kappa shape index (κ2) is 6.79. The molecule has 0 unspecified atom stereocenters. The van der Waals surface area contributed by atoms with Gasteiger partial charge in [0.1, 0.15) is 11.6 Å². The van der Waals surface area contributed by atoms with Crippen molar-refractivity contribution in [2.45, 2.75) is 38.9 Å². The van der Waals surface area contributed by atoms with Crippen molar-refractivity contribution in [3.63, 3.8) is 0 Å². The highest BCUT2D eigenvalue weighted by molar-refractivity contribution is 5.46. The third kappa shape index (κ3) is 2.92. The van der Waals surface area contributed by atoms with E-state index < -0.39 is 0 Å². The van der Waals surface area contributed by atoms with E-state index >= 15 is 0 Å². The van der Waals surface area contributed by atoms with Gasteiger partial charge in [-0.05, 0) is 18.9 Å². The monoisotopic (exact) mass is 302 g/mol. The molecule has 2 heterocycles. The Morgan fingerprint density at radius 1 is 1.14 bits per heavy atom. The molecule has 118 valence electrons. The van der Waals surface area contributed by atoms with Gasteiger partial charge in [-0.2, -0.15) is 0 Å². The van der Waals surface area contributed by atoms with Crippen LogP contribution in [0.3, 0.4) is 0 Å². The average molecular weight is 302 g/mol. The van der Waals surface area contributed by atoms with E-state index in [0.29, 0.717) is 13.1 Å². The number of hydrogen-bond donors (Lipinski definition) is 1. The molecule has 0 fully saturated rings. The van der Waals surface area contributed by atoms with Gasteiger partial charge in [0.15, 0.2) is 11.5 Å². The number of aromatic nitrogens is 3. The van der Waals surface area contributed by atoms with Gasteiger partial charge in [-0.3, -0.25) is 0 Å². The summed E-state index contributed by atoms with van der Waals surface area (Å²) < 4.78 is 13.0. The minimum atomic E-state index is 0.697. The number of methoxy groups -OCH3 is 2. The summed E-state index contributed by atoms with van der Waals surface area (Å²) in [6, 6.07) is 5.90. The predicted octanol–water partition coefficient (Wildman–Crippen LogP) is 1.92. The molecule has 0 amide bonds. The van der Waals surface area contributed by atoms with Crippen LogP contribution in [0.25, 0.3) is 0 Å². The first-order valence-electron chi connectivity index (χ1n) is 7.65. The zero-order valence-electron chi connectivity index (χ0n) is 13.1. The van der Waals surface area contributed by atoms with Crippen LogP contribution >= 0.6 is 0 Å². The highest BCUT2D eigenvalue weighted by Crippen LogP contribution is 2.30. The van der Waals surface area contributed by atoms with Crippen LogP contribution in [0.5, 0.6) is 11.5 Å². The number of ether oxygens (including phenoxy) is 2. The molecule has 0 bridgehead atoms. The van der Waals surface area contributed by atoms with Crippen LogP contribution < -0.4 is 14.8 Å². The third-order valence-corrected chi connectivity index (χ3v) is 4.02. The van der Waals surface area contributed by atoms with Crippen molar-refractivity contribution in [1.29, 1.82) is 0 Å². The Bertz CT molecular complexity index is 639. The number of aryl methyl sites for hydroxylation is 1. The van der Waals surface area contributed by atoms with Crippen molar-refractivity contribution < 1.29 is 9.47 Å². The molecule has 6 heteroatoms. The Morgan fingerprint density at radius 2 is 2.05 bits per heavy atom. The van der Waals surface area contributed by atoms with Crippen molar-refractivity contribution in [3.05, 3.63) is 35.4 Å². The van der Waals surface area contributed by atoms with Gasteiger partial charge in [0.05, 0.1) is 20.8 Å². The Morgan fingerprint density at radius 3 is 2.86 bits per heavy atom. The van der Waals surface area contributed by atoms with E-state index in [0.717, 1.165) is 41.7 Å². The van der Waals surface area contributed by atoms with Gasteiger partial charge in [-0.15, -0.1) is 10.2 Å². The zero-order valence-corrected chi connectivity index (χ0v) is 13.1. The maximum atomic E-state index is 5.45. The molecule has 1 aromatic carbocycles. The standard InChI is InChI=1S/C16H22N4O2/c1-21-13-7-5-6-12(16(13)22-2)10-17-11-15-19-18-14-8-3-4-9-20(14)15/h5-7,17H,3-4,8-11H2,1-2H3. The van der Waals surface area contributed by atoms with E-state index in [2.05, 4.69) is 20.1 Å². The Labute approximate surface area is 130 Å². The van der Waals surface area contributed by atoms with Crippen LogP contribution in [0, 0.1) is 0 Å². The van der Waals surface area contributed by atoms with E-state index in [1.807, 2.05) is 18.2 Å². The minimum Gasteiger partial charge on any atom is -0.493 e. The topological polar surface area (TPSA) is 61.2 Å². The quantitative estimate of drug-likeness (QED) is 0.883. The number of nitrogens with one attached hydrogen (secondary N) is 1. The van der Waals surface area contributed by atoms with Gasteiger partial charge in [-0.1, -0.05) is 12.1 Å². The molecule has 0 aliphatic carbocycles. The fraction of sp³-hybridized carbons (Fsp3) is 0.500. The summed E-state index contributed by atoms with van der Waals surface area (Å²) in [5, 5.41) is 12.0. The van der Waals surface area contributed by atoms with Gasteiger partial charge in [0.25, 0.3) is 0 Å². The predicted molar refractivity (Wildman–Crippen MR) is 83.0 cm³/mol. The summed E-state index contributed by atoms with van der Waals surface area (Å²) in [4.78, 5) is 0. The fourth-order valence-electron chi connectivity index (χ4n) is 2.90. The van der Waals surface area contributed by atoms with Crippen LogP contribution in [-0.4, -0.2) is 29.0 Å². The SMILES string of the molecule is COc1cccc(CNCc2nnc3n2CCCC3)c1OC. The highest BCUT2D eigenvalue weighted by Gasteiger charge is 2.15. The fourth-order valence-corrected chi connectivity index (χ4v) is 2.90. The summed E-state index contributed by atoms with van der Waals surface area (Å²) in [5.41, 5.74) is 1.07. The number of para-hydroxylation sites is 1. The number of fused-ring (bicyclic) bond motifs is 1. The molecule has 1 aliphatic heterocycles. The van der Waals surface area contributed by atoms with Crippen molar-refractivity contribution in [1.82, 2.24) is 20.1 Å². The molecule has 1 aromatic heterocycles. The molecule has 0 atom stereocenters. The molecular weight excluding hydrogens is 280 g/mol. The lowest BCUT2D eigenvalue weighted by molar-refractivity contribution is 0.350. The van der Waals surface area contributed by atoms with E-state index in [-0.39, 0.29) is 0 Å². The van der Waals surface area contributed by atoms with Crippen molar-refractivity contribution >= 4 is 0 Å². The molecule has 0 spiro atoms. The Hall–Kier alpha value is -2.08. The molecule has 0 radical (unpaired) electrons. The molecule has 0 saturated heterocycles. The van der Waals surface area contributed by atoms with Gasteiger partial charge < -0.3 is 19.4 Å². The Kier molecular flexibility index (Phi) is 4.58. The van der Waals surface area contributed by atoms with Crippen LogP contribution in [0.2, 0.25) is 0 Å². The lowest BCUT2D eigenvalue weighted by Crippen LogP contribution is -2.19. The Balaban J connectivity index is 1.65. The summed E-state index contributed by atoms with van der Waals surface area (Å²) in [5.74, 6) is 3.65. The highest BCUT2D eigenvalue weighted by atomic mass is 16.5. The van der Waals surface area contributed by atoms with Crippen molar-refractivity contribution in [2.24, 2.45) is 0 Å². The summed E-state index contributed by atoms with van der Waals surface area (Å²) in [7, 11) is 3.31. The first-order valence-corrected chi connectivity index (χ1v) is 7.65. The van der Waals surface area contributed by atoms with Gasteiger partial charge >= 0.3 is 0 Å². The molecule has 1 N–H and O–H groups in total. The summed E-state index contributed by atoms with van der Waals surface area (Å²) >= 11 is 0. The lowest BCUT2D eigenvalue weighted by Gasteiger charge is -2.15.